The molecule has 26 heavy (non-hydrogen) atoms. The van der Waals surface area contributed by atoms with E-state index in [0.717, 1.165) is 6.42 Å². The molecule has 1 aromatic heterocycles. The summed E-state index contributed by atoms with van der Waals surface area (Å²) >= 11 is 0. The van der Waals surface area contributed by atoms with Crippen molar-refractivity contribution >= 4 is 32.6 Å². The first kappa shape index (κ1) is 17.9. The van der Waals surface area contributed by atoms with Crippen molar-refractivity contribution in [3.8, 4) is 11.3 Å². The third-order valence-electron chi connectivity index (χ3n) is 3.99. The minimum Gasteiger partial charge on any atom is -0.478 e. The molecule has 2 aromatic carbocycles. The van der Waals surface area contributed by atoms with E-state index in [1.807, 2.05) is 6.92 Å². The summed E-state index contributed by atoms with van der Waals surface area (Å²) in [6, 6.07) is 11.6. The molecule has 0 spiro atoms. The number of benzene rings is 2. The van der Waals surface area contributed by atoms with Crippen molar-refractivity contribution in [3.63, 3.8) is 0 Å². The van der Waals surface area contributed by atoms with E-state index in [4.69, 9.17) is 0 Å². The lowest BCUT2D eigenvalue weighted by molar-refractivity contribution is 0.0697. The standard InChI is InChI=1S/C18H19N3O4S/c1-2-3-9-26(24,25)21-14-6-4-5-12(10-14)17-15-11-13(18(22)23)7-8-16(15)19-20-17/h4-8,10-11,21H,2-3,9H2,1H3,(H,19,20)(H,22,23). The normalized spacial score (nSPS) is 11.6. The molecule has 0 unspecified atom stereocenters. The largest absolute Gasteiger partial charge is 0.478 e. The minimum atomic E-state index is -3.40. The lowest BCUT2D eigenvalue weighted by atomic mass is 10.1. The van der Waals surface area contributed by atoms with Crippen LogP contribution in [0.5, 0.6) is 0 Å². The van der Waals surface area contributed by atoms with E-state index in [1.165, 1.54) is 6.07 Å². The number of fused-ring (bicyclic) bond motifs is 1. The Morgan fingerprint density at radius 2 is 2.04 bits per heavy atom. The number of carboxylic acids is 1. The van der Waals surface area contributed by atoms with E-state index in [-0.39, 0.29) is 11.3 Å². The van der Waals surface area contributed by atoms with Crippen LogP contribution in [0.1, 0.15) is 30.1 Å². The average Bonchev–Trinajstić information content (AvgIpc) is 3.03. The molecular weight excluding hydrogens is 354 g/mol. The van der Waals surface area contributed by atoms with Crippen LogP contribution in [0.2, 0.25) is 0 Å². The van der Waals surface area contributed by atoms with Gasteiger partial charge in [0.1, 0.15) is 0 Å². The number of nitrogens with zero attached hydrogens (tertiary/aromatic N) is 1. The number of H-pyrrole nitrogens is 1. The van der Waals surface area contributed by atoms with E-state index in [0.29, 0.717) is 34.3 Å². The Labute approximate surface area is 151 Å². The predicted octanol–water partition coefficient (Wildman–Crippen LogP) is 3.47. The molecule has 7 nitrogen and oxygen atoms in total. The molecule has 0 aliphatic rings. The number of sulfonamides is 1. The number of unbranched alkanes of at least 4 members (excludes halogenated alkanes) is 1. The van der Waals surface area contributed by atoms with Crippen LogP contribution < -0.4 is 4.72 Å². The third kappa shape index (κ3) is 3.85. The highest BCUT2D eigenvalue weighted by Crippen LogP contribution is 2.29. The second kappa shape index (κ2) is 7.17. The van der Waals surface area contributed by atoms with E-state index >= 15 is 0 Å². The van der Waals surface area contributed by atoms with Gasteiger partial charge in [-0.3, -0.25) is 9.82 Å². The molecule has 8 heteroatoms. The quantitative estimate of drug-likeness (QED) is 0.587. The van der Waals surface area contributed by atoms with Gasteiger partial charge in [0.25, 0.3) is 0 Å². The highest BCUT2D eigenvalue weighted by Gasteiger charge is 2.14. The Balaban J connectivity index is 1.97. The molecule has 0 bridgehead atoms. The second-order valence-electron chi connectivity index (χ2n) is 5.99. The first-order chi connectivity index (χ1) is 12.4. The number of aromatic carboxylic acids is 1. The van der Waals surface area contributed by atoms with Crippen molar-refractivity contribution in [3.05, 3.63) is 48.0 Å². The summed E-state index contributed by atoms with van der Waals surface area (Å²) in [6.07, 6.45) is 1.39. The number of hydrogen-bond acceptors (Lipinski definition) is 4. The summed E-state index contributed by atoms with van der Waals surface area (Å²) in [4.78, 5) is 11.2. The van der Waals surface area contributed by atoms with Crippen molar-refractivity contribution in [1.82, 2.24) is 10.2 Å². The van der Waals surface area contributed by atoms with Crippen LogP contribution in [0.3, 0.4) is 0 Å². The molecule has 0 radical (unpaired) electrons. The summed E-state index contributed by atoms with van der Waals surface area (Å²) < 4.78 is 26.8. The maximum atomic E-state index is 12.1. The Kier molecular flexibility index (Phi) is 4.94. The van der Waals surface area contributed by atoms with Gasteiger partial charge in [-0.1, -0.05) is 25.5 Å². The zero-order chi connectivity index (χ0) is 18.7. The molecule has 136 valence electrons. The summed E-state index contributed by atoms with van der Waals surface area (Å²) in [6.45, 7) is 1.93. The van der Waals surface area contributed by atoms with Gasteiger partial charge in [-0.25, -0.2) is 13.2 Å². The monoisotopic (exact) mass is 373 g/mol. The Morgan fingerprint density at radius 1 is 1.23 bits per heavy atom. The molecule has 1 heterocycles. The van der Waals surface area contributed by atoms with Crippen molar-refractivity contribution in [2.45, 2.75) is 19.8 Å². The lowest BCUT2D eigenvalue weighted by Gasteiger charge is -2.08. The number of aromatic nitrogens is 2. The van der Waals surface area contributed by atoms with Crippen LogP contribution in [0.4, 0.5) is 5.69 Å². The molecule has 3 N–H and O–H groups in total. The van der Waals surface area contributed by atoms with Gasteiger partial charge in [0, 0.05) is 16.6 Å². The van der Waals surface area contributed by atoms with Gasteiger partial charge in [-0.05, 0) is 36.8 Å². The maximum absolute atomic E-state index is 12.1. The summed E-state index contributed by atoms with van der Waals surface area (Å²) in [5.74, 6) is -0.947. The first-order valence-corrected chi connectivity index (χ1v) is 9.87. The van der Waals surface area contributed by atoms with Gasteiger partial charge in [0.05, 0.1) is 22.5 Å². The van der Waals surface area contributed by atoms with Gasteiger partial charge >= 0.3 is 5.97 Å². The van der Waals surface area contributed by atoms with Gasteiger partial charge in [-0.2, -0.15) is 5.10 Å². The average molecular weight is 373 g/mol. The van der Waals surface area contributed by atoms with E-state index in [9.17, 15) is 18.3 Å². The van der Waals surface area contributed by atoms with Crippen LogP contribution in [-0.2, 0) is 10.0 Å². The summed E-state index contributed by atoms with van der Waals surface area (Å²) in [7, 11) is -3.40. The van der Waals surface area contributed by atoms with Crippen LogP contribution in [0.25, 0.3) is 22.2 Å². The predicted molar refractivity (Wildman–Crippen MR) is 101 cm³/mol. The number of hydrogen-bond donors (Lipinski definition) is 3. The number of aromatic amines is 1. The zero-order valence-electron chi connectivity index (χ0n) is 14.2. The Bertz CT molecular complexity index is 1060. The fraction of sp³-hybridized carbons (Fsp3) is 0.222. The van der Waals surface area contributed by atoms with Gasteiger partial charge in [0.15, 0.2) is 0 Å². The van der Waals surface area contributed by atoms with Crippen molar-refractivity contribution < 1.29 is 18.3 Å². The van der Waals surface area contributed by atoms with Gasteiger partial charge < -0.3 is 5.11 Å². The van der Waals surface area contributed by atoms with Crippen molar-refractivity contribution in [2.24, 2.45) is 0 Å². The van der Waals surface area contributed by atoms with Gasteiger partial charge in [0.2, 0.25) is 10.0 Å². The Morgan fingerprint density at radius 3 is 2.77 bits per heavy atom. The van der Waals surface area contributed by atoms with Crippen LogP contribution >= 0.6 is 0 Å². The van der Waals surface area contributed by atoms with Gasteiger partial charge in [-0.15, -0.1) is 0 Å². The molecule has 0 atom stereocenters. The molecule has 0 saturated carbocycles. The molecule has 0 aliphatic carbocycles. The number of carbonyl (C=O) groups is 1. The molecule has 3 aromatic rings. The fourth-order valence-corrected chi connectivity index (χ4v) is 3.92. The highest BCUT2D eigenvalue weighted by molar-refractivity contribution is 7.92. The molecular formula is C18H19N3O4S. The van der Waals surface area contributed by atoms with Crippen molar-refractivity contribution in [1.29, 1.82) is 0 Å². The first-order valence-electron chi connectivity index (χ1n) is 8.22. The summed E-state index contributed by atoms with van der Waals surface area (Å²) in [5, 5.41) is 17.0. The number of nitrogens with one attached hydrogen (secondary N) is 2. The molecule has 0 saturated heterocycles. The smallest absolute Gasteiger partial charge is 0.335 e. The molecule has 0 aliphatic heterocycles. The molecule has 0 amide bonds. The maximum Gasteiger partial charge on any atom is 0.335 e. The lowest BCUT2D eigenvalue weighted by Crippen LogP contribution is -2.16. The third-order valence-corrected chi connectivity index (χ3v) is 5.36. The van der Waals surface area contributed by atoms with Crippen LogP contribution in [0, 0.1) is 0 Å². The van der Waals surface area contributed by atoms with Crippen LogP contribution in [0.15, 0.2) is 42.5 Å². The molecule has 0 fully saturated rings. The minimum absolute atomic E-state index is 0.0705. The number of rotatable bonds is 7. The topological polar surface area (TPSA) is 112 Å². The highest BCUT2D eigenvalue weighted by atomic mass is 32.2. The number of anilines is 1. The SMILES string of the molecule is CCCCS(=O)(=O)Nc1cccc(-c2n[nH]c3ccc(C(=O)O)cc23)c1. The fourth-order valence-electron chi connectivity index (χ4n) is 2.66. The van der Waals surface area contributed by atoms with E-state index < -0.39 is 16.0 Å². The van der Waals surface area contributed by atoms with Crippen molar-refractivity contribution in [2.75, 3.05) is 10.5 Å². The van der Waals surface area contributed by atoms with E-state index in [1.54, 1.807) is 36.4 Å². The number of carboxylic acid groups (broad SMARTS) is 1. The zero-order valence-corrected chi connectivity index (χ0v) is 15.0. The molecule has 3 rings (SSSR count). The Hall–Kier alpha value is -2.87. The van der Waals surface area contributed by atoms with E-state index in [2.05, 4.69) is 14.9 Å². The summed E-state index contributed by atoms with van der Waals surface area (Å²) in [5.41, 5.74) is 2.58. The second-order valence-corrected chi connectivity index (χ2v) is 7.83. The van der Waals surface area contributed by atoms with Crippen LogP contribution in [-0.4, -0.2) is 35.4 Å².